The predicted molar refractivity (Wildman–Crippen MR) is 89.0 cm³/mol. The minimum absolute atomic E-state index is 0.0474. The van der Waals surface area contributed by atoms with Gasteiger partial charge in [-0.2, -0.15) is 0 Å². The topological polar surface area (TPSA) is 46.2 Å². The molecule has 0 spiro atoms. The van der Waals surface area contributed by atoms with Gasteiger partial charge in [0.15, 0.2) is 0 Å². The van der Waals surface area contributed by atoms with E-state index < -0.39 is 0 Å². The monoisotopic (exact) mass is 291 g/mol. The van der Waals surface area contributed by atoms with E-state index >= 15 is 0 Å². The Labute approximate surface area is 129 Å². The molecule has 3 nitrogen and oxygen atoms in total. The summed E-state index contributed by atoms with van der Waals surface area (Å²) in [5.41, 5.74) is 0. The normalized spacial score (nSPS) is 12.0. The van der Waals surface area contributed by atoms with Crippen molar-refractivity contribution in [3.63, 3.8) is 0 Å². The molecule has 0 aromatic heterocycles. The van der Waals surface area contributed by atoms with Gasteiger partial charge in [0.05, 0.1) is 0 Å². The van der Waals surface area contributed by atoms with Crippen molar-refractivity contribution in [3.05, 3.63) is 36.5 Å². The average Bonchev–Trinajstić information content (AvgIpc) is 2.46. The van der Waals surface area contributed by atoms with Gasteiger partial charge < -0.3 is 5.32 Å². The molecule has 0 aromatic carbocycles. The molecule has 0 fully saturated rings. The Bertz CT molecular complexity index is 379. The summed E-state index contributed by atoms with van der Waals surface area (Å²) in [5.74, 6) is 0.742. The SMILES string of the molecule is CCC(=O)CC/C=C\CC/C=C/C=C/C(=O)NCC(C)C. The molecule has 0 bridgehead atoms. The molecule has 0 unspecified atom stereocenters. The third-order valence-corrected chi connectivity index (χ3v) is 2.83. The standard InChI is InChI=1S/C18H29NO2/c1-4-17(20)13-11-9-7-5-6-8-10-12-14-18(21)19-15-16(2)3/h7-10,12,14,16H,4-6,11,13,15H2,1-3H3,(H,19,21)/b9-7-,10-8+,14-12+. The van der Waals surface area contributed by atoms with Gasteiger partial charge in [0, 0.05) is 25.5 Å². The van der Waals surface area contributed by atoms with Gasteiger partial charge in [-0.05, 0) is 25.2 Å². The summed E-state index contributed by atoms with van der Waals surface area (Å²) in [6, 6.07) is 0. The van der Waals surface area contributed by atoms with Crippen LogP contribution >= 0.6 is 0 Å². The van der Waals surface area contributed by atoms with Gasteiger partial charge in [-0.25, -0.2) is 0 Å². The second-order valence-corrected chi connectivity index (χ2v) is 5.41. The smallest absolute Gasteiger partial charge is 0.243 e. The van der Waals surface area contributed by atoms with E-state index in [-0.39, 0.29) is 5.91 Å². The van der Waals surface area contributed by atoms with Gasteiger partial charge in [0.2, 0.25) is 5.91 Å². The zero-order valence-electron chi connectivity index (χ0n) is 13.6. The van der Waals surface area contributed by atoms with E-state index in [1.807, 2.05) is 19.1 Å². The highest BCUT2D eigenvalue weighted by atomic mass is 16.1. The molecule has 1 amide bonds. The lowest BCUT2D eigenvalue weighted by atomic mass is 10.1. The van der Waals surface area contributed by atoms with Crippen LogP contribution in [0.2, 0.25) is 0 Å². The number of carbonyl (C=O) groups excluding carboxylic acids is 2. The summed E-state index contributed by atoms with van der Waals surface area (Å²) < 4.78 is 0. The molecular formula is C18H29NO2. The summed E-state index contributed by atoms with van der Waals surface area (Å²) in [4.78, 5) is 22.4. The quantitative estimate of drug-likeness (QED) is 0.271. The molecule has 0 saturated carbocycles. The van der Waals surface area contributed by atoms with Crippen molar-refractivity contribution in [2.45, 2.75) is 52.9 Å². The minimum atomic E-state index is -0.0474. The van der Waals surface area contributed by atoms with Crippen molar-refractivity contribution < 1.29 is 9.59 Å². The second-order valence-electron chi connectivity index (χ2n) is 5.41. The molecule has 0 heterocycles. The maximum atomic E-state index is 11.4. The van der Waals surface area contributed by atoms with Gasteiger partial charge >= 0.3 is 0 Å². The first-order valence-corrected chi connectivity index (χ1v) is 7.84. The van der Waals surface area contributed by atoms with Crippen molar-refractivity contribution in [3.8, 4) is 0 Å². The van der Waals surface area contributed by atoms with Crippen LogP contribution in [0.15, 0.2) is 36.5 Å². The molecule has 0 saturated heterocycles. The van der Waals surface area contributed by atoms with Crippen molar-refractivity contribution in [1.82, 2.24) is 5.32 Å². The maximum absolute atomic E-state index is 11.4. The molecule has 0 aliphatic rings. The lowest BCUT2D eigenvalue weighted by molar-refractivity contribution is -0.118. The van der Waals surface area contributed by atoms with Crippen molar-refractivity contribution >= 4 is 11.7 Å². The maximum Gasteiger partial charge on any atom is 0.243 e. The van der Waals surface area contributed by atoms with Crippen LogP contribution in [0.4, 0.5) is 0 Å². The fourth-order valence-electron chi connectivity index (χ4n) is 1.53. The van der Waals surface area contributed by atoms with Crippen LogP contribution in [0.1, 0.15) is 52.9 Å². The number of allylic oxidation sites excluding steroid dienone is 5. The molecular weight excluding hydrogens is 262 g/mol. The summed E-state index contributed by atoms with van der Waals surface area (Å²) >= 11 is 0. The third-order valence-electron chi connectivity index (χ3n) is 2.83. The molecule has 0 aliphatic carbocycles. The van der Waals surface area contributed by atoms with E-state index in [1.54, 1.807) is 12.2 Å². The summed E-state index contributed by atoms with van der Waals surface area (Å²) in [5, 5.41) is 2.82. The van der Waals surface area contributed by atoms with Crippen molar-refractivity contribution in [2.75, 3.05) is 6.54 Å². The molecule has 0 aromatic rings. The first-order chi connectivity index (χ1) is 10.1. The molecule has 0 rings (SSSR count). The molecule has 0 aliphatic heterocycles. The number of hydrogen-bond donors (Lipinski definition) is 1. The first kappa shape index (κ1) is 19.4. The van der Waals surface area contributed by atoms with Gasteiger partial charge in [0.25, 0.3) is 0 Å². The number of hydrogen-bond acceptors (Lipinski definition) is 2. The summed E-state index contributed by atoms with van der Waals surface area (Å²) in [6.07, 6.45) is 15.4. The van der Waals surface area contributed by atoms with Crippen LogP contribution in [0.3, 0.4) is 0 Å². The Morgan fingerprint density at radius 1 is 1.00 bits per heavy atom. The Morgan fingerprint density at radius 3 is 2.33 bits per heavy atom. The Kier molecular flexibility index (Phi) is 12.3. The van der Waals surface area contributed by atoms with Gasteiger partial charge in [-0.1, -0.05) is 51.2 Å². The van der Waals surface area contributed by atoms with Gasteiger partial charge in [-0.15, -0.1) is 0 Å². The van der Waals surface area contributed by atoms with E-state index in [0.29, 0.717) is 31.1 Å². The number of ketones is 1. The Hall–Kier alpha value is -1.64. The van der Waals surface area contributed by atoms with Crippen LogP contribution in [-0.2, 0) is 9.59 Å². The minimum Gasteiger partial charge on any atom is -0.352 e. The fourth-order valence-corrected chi connectivity index (χ4v) is 1.53. The lowest BCUT2D eigenvalue weighted by Crippen LogP contribution is -2.25. The lowest BCUT2D eigenvalue weighted by Gasteiger charge is -2.03. The van der Waals surface area contributed by atoms with Crippen LogP contribution in [0.5, 0.6) is 0 Å². The molecule has 3 heteroatoms. The molecule has 118 valence electrons. The predicted octanol–water partition coefficient (Wildman–Crippen LogP) is 3.97. The summed E-state index contributed by atoms with van der Waals surface area (Å²) in [7, 11) is 0. The fraction of sp³-hybridized carbons (Fsp3) is 0.556. The number of Topliss-reactive ketones (excluding diaryl/α,β-unsaturated/α-hetero) is 1. The number of nitrogens with one attached hydrogen (secondary N) is 1. The number of amides is 1. The highest BCUT2D eigenvalue weighted by Crippen LogP contribution is 1.99. The van der Waals surface area contributed by atoms with E-state index in [1.165, 1.54) is 0 Å². The Morgan fingerprint density at radius 2 is 1.67 bits per heavy atom. The zero-order chi connectivity index (χ0) is 15.9. The first-order valence-electron chi connectivity index (χ1n) is 7.84. The van der Waals surface area contributed by atoms with Crippen molar-refractivity contribution in [2.24, 2.45) is 5.92 Å². The number of unbranched alkanes of at least 4 members (excludes halogenated alkanes) is 1. The third kappa shape index (κ3) is 14.6. The average molecular weight is 291 g/mol. The highest BCUT2D eigenvalue weighted by Gasteiger charge is 1.96. The van der Waals surface area contributed by atoms with Crippen LogP contribution in [0, 0.1) is 5.92 Å². The van der Waals surface area contributed by atoms with Crippen LogP contribution in [-0.4, -0.2) is 18.2 Å². The van der Waals surface area contributed by atoms with E-state index in [2.05, 4.69) is 31.3 Å². The van der Waals surface area contributed by atoms with E-state index in [9.17, 15) is 9.59 Å². The van der Waals surface area contributed by atoms with Crippen molar-refractivity contribution in [1.29, 1.82) is 0 Å². The highest BCUT2D eigenvalue weighted by molar-refractivity contribution is 5.87. The van der Waals surface area contributed by atoms with E-state index in [4.69, 9.17) is 0 Å². The zero-order valence-corrected chi connectivity index (χ0v) is 13.6. The van der Waals surface area contributed by atoms with Crippen LogP contribution in [0.25, 0.3) is 0 Å². The number of carbonyl (C=O) groups is 2. The van der Waals surface area contributed by atoms with Gasteiger partial charge in [-0.3, -0.25) is 9.59 Å². The molecule has 0 atom stereocenters. The summed E-state index contributed by atoms with van der Waals surface area (Å²) in [6.45, 7) is 6.73. The van der Waals surface area contributed by atoms with Crippen LogP contribution < -0.4 is 5.32 Å². The van der Waals surface area contributed by atoms with E-state index in [0.717, 1.165) is 19.3 Å². The number of rotatable bonds is 11. The largest absolute Gasteiger partial charge is 0.352 e. The Balaban J connectivity index is 3.61. The second kappa shape index (κ2) is 13.3. The molecule has 0 radical (unpaired) electrons. The van der Waals surface area contributed by atoms with Gasteiger partial charge in [0.1, 0.15) is 5.78 Å². The molecule has 21 heavy (non-hydrogen) atoms. The molecule has 1 N–H and O–H groups in total.